The van der Waals surface area contributed by atoms with Gasteiger partial charge in [-0.2, -0.15) is 0 Å². The second kappa shape index (κ2) is 4.59. The Morgan fingerprint density at radius 1 is 1.28 bits per heavy atom. The predicted octanol–water partition coefficient (Wildman–Crippen LogP) is -0.750. The minimum atomic E-state index is -1.05. The first-order valence-electron chi connectivity index (χ1n) is 6.25. The van der Waals surface area contributed by atoms with Gasteiger partial charge in [0.15, 0.2) is 6.04 Å². The lowest BCUT2D eigenvalue weighted by Gasteiger charge is -2.38. The average Bonchev–Trinajstić information content (AvgIpc) is 2.31. The number of piperazine rings is 1. The maximum Gasteiger partial charge on any atom is 0.254 e. The number of piperidine rings is 1. The van der Waals surface area contributed by atoms with Gasteiger partial charge in [-0.3, -0.25) is 14.4 Å². The molecule has 0 aliphatic carbocycles. The van der Waals surface area contributed by atoms with E-state index < -0.39 is 11.9 Å². The van der Waals surface area contributed by atoms with Crippen LogP contribution in [0.25, 0.3) is 0 Å². The van der Waals surface area contributed by atoms with Gasteiger partial charge in [-0.25, -0.2) is 0 Å². The molecule has 2 N–H and O–H groups in total. The zero-order valence-corrected chi connectivity index (χ0v) is 10.8. The highest BCUT2D eigenvalue weighted by Gasteiger charge is 2.37. The molecular formula is C12H19N3O3. The van der Waals surface area contributed by atoms with Crippen LogP contribution < -0.4 is 10.6 Å². The van der Waals surface area contributed by atoms with Gasteiger partial charge < -0.3 is 15.5 Å². The molecule has 2 saturated heterocycles. The van der Waals surface area contributed by atoms with Gasteiger partial charge in [0.25, 0.3) is 11.8 Å². The second-order valence-corrected chi connectivity index (χ2v) is 5.71. The van der Waals surface area contributed by atoms with E-state index in [1.807, 2.05) is 0 Å². The van der Waals surface area contributed by atoms with Crippen molar-refractivity contribution in [3.8, 4) is 0 Å². The van der Waals surface area contributed by atoms with E-state index in [2.05, 4.69) is 24.5 Å². The van der Waals surface area contributed by atoms with Crippen molar-refractivity contribution in [3.05, 3.63) is 0 Å². The first-order chi connectivity index (χ1) is 8.39. The number of amides is 3. The highest BCUT2D eigenvalue weighted by molar-refractivity contribution is 6.09. The average molecular weight is 253 g/mol. The van der Waals surface area contributed by atoms with Crippen LogP contribution in [0.3, 0.4) is 0 Å². The molecule has 0 spiro atoms. The summed E-state index contributed by atoms with van der Waals surface area (Å²) in [5.41, 5.74) is 0.245. The molecule has 2 rings (SSSR count). The Hall–Kier alpha value is -1.59. The maximum atomic E-state index is 12.2. The van der Waals surface area contributed by atoms with Crippen molar-refractivity contribution in [2.75, 3.05) is 19.6 Å². The Balaban J connectivity index is 1.99. The van der Waals surface area contributed by atoms with Gasteiger partial charge in [-0.05, 0) is 18.3 Å². The number of hydrogen-bond donors (Lipinski definition) is 2. The van der Waals surface area contributed by atoms with E-state index in [-0.39, 0.29) is 23.8 Å². The van der Waals surface area contributed by atoms with Crippen LogP contribution in [0.1, 0.15) is 26.7 Å². The molecule has 2 aliphatic rings. The molecule has 2 heterocycles. The summed E-state index contributed by atoms with van der Waals surface area (Å²) in [7, 11) is 0. The van der Waals surface area contributed by atoms with Crippen molar-refractivity contribution < 1.29 is 14.4 Å². The number of likely N-dealkylation sites (tertiary alicyclic amines) is 1. The molecule has 0 radical (unpaired) electrons. The quantitative estimate of drug-likeness (QED) is 0.604. The van der Waals surface area contributed by atoms with E-state index in [0.29, 0.717) is 13.1 Å². The van der Waals surface area contributed by atoms with Gasteiger partial charge in [0.1, 0.15) is 0 Å². The molecule has 0 unspecified atom stereocenters. The van der Waals surface area contributed by atoms with E-state index in [1.54, 1.807) is 4.90 Å². The third-order valence-corrected chi connectivity index (χ3v) is 3.67. The van der Waals surface area contributed by atoms with Crippen molar-refractivity contribution in [1.29, 1.82) is 0 Å². The van der Waals surface area contributed by atoms with Crippen LogP contribution in [0.4, 0.5) is 0 Å². The fraction of sp³-hybridized carbons (Fsp3) is 0.750. The zero-order chi connectivity index (χ0) is 13.3. The molecule has 2 aliphatic heterocycles. The Labute approximate surface area is 106 Å². The molecule has 0 bridgehead atoms. The first kappa shape index (κ1) is 12.9. The number of carbonyl (C=O) groups is 3. The highest BCUT2D eigenvalue weighted by Crippen LogP contribution is 2.29. The minimum absolute atomic E-state index is 0.0460. The summed E-state index contributed by atoms with van der Waals surface area (Å²) < 4.78 is 0. The lowest BCUT2D eigenvalue weighted by atomic mass is 9.82. The molecule has 1 atom stereocenters. The maximum absolute atomic E-state index is 12.2. The standard InChI is InChI=1S/C12H19N3O3/c1-12(2)3-5-15(6-4-12)11(18)9-10(17)13-7-8(16)14-9/h9H,3-7H2,1-2H3,(H,13,17)(H,14,16)/t9-/m0/s1. The van der Waals surface area contributed by atoms with E-state index in [4.69, 9.17) is 0 Å². The molecule has 18 heavy (non-hydrogen) atoms. The van der Waals surface area contributed by atoms with E-state index in [0.717, 1.165) is 12.8 Å². The molecule has 0 aromatic rings. The van der Waals surface area contributed by atoms with Crippen molar-refractivity contribution >= 4 is 17.7 Å². The number of rotatable bonds is 1. The van der Waals surface area contributed by atoms with Crippen LogP contribution in [0, 0.1) is 5.41 Å². The Morgan fingerprint density at radius 2 is 1.89 bits per heavy atom. The lowest BCUT2D eigenvalue weighted by molar-refractivity contribution is -0.145. The molecule has 0 saturated carbocycles. The first-order valence-corrected chi connectivity index (χ1v) is 6.25. The van der Waals surface area contributed by atoms with Crippen molar-refractivity contribution in [2.45, 2.75) is 32.7 Å². The summed E-state index contributed by atoms with van der Waals surface area (Å²) in [4.78, 5) is 36.6. The summed E-state index contributed by atoms with van der Waals surface area (Å²) >= 11 is 0. The molecule has 0 aromatic carbocycles. The van der Waals surface area contributed by atoms with Crippen molar-refractivity contribution in [2.24, 2.45) is 5.41 Å². The van der Waals surface area contributed by atoms with Gasteiger partial charge >= 0.3 is 0 Å². The third-order valence-electron chi connectivity index (χ3n) is 3.67. The fourth-order valence-electron chi connectivity index (χ4n) is 2.24. The molecule has 6 heteroatoms. The van der Waals surface area contributed by atoms with Crippen LogP contribution in [0.2, 0.25) is 0 Å². The zero-order valence-electron chi connectivity index (χ0n) is 10.8. The molecular weight excluding hydrogens is 234 g/mol. The van der Waals surface area contributed by atoms with Gasteiger partial charge in [0.05, 0.1) is 6.54 Å². The smallest absolute Gasteiger partial charge is 0.254 e. The van der Waals surface area contributed by atoms with E-state index >= 15 is 0 Å². The van der Waals surface area contributed by atoms with Gasteiger partial charge in [0, 0.05) is 13.1 Å². The summed E-state index contributed by atoms with van der Waals surface area (Å²) in [5.74, 6) is -1.02. The highest BCUT2D eigenvalue weighted by atomic mass is 16.2. The summed E-state index contributed by atoms with van der Waals surface area (Å²) in [6.45, 7) is 5.58. The van der Waals surface area contributed by atoms with Crippen molar-refractivity contribution in [3.63, 3.8) is 0 Å². The fourth-order valence-corrected chi connectivity index (χ4v) is 2.24. The normalized spacial score (nSPS) is 27.4. The lowest BCUT2D eigenvalue weighted by Crippen LogP contribution is -2.63. The third kappa shape index (κ3) is 2.63. The number of nitrogens with zero attached hydrogens (tertiary/aromatic N) is 1. The predicted molar refractivity (Wildman–Crippen MR) is 64.5 cm³/mol. The van der Waals surface area contributed by atoms with Crippen LogP contribution in [-0.4, -0.2) is 48.3 Å². The number of hydrogen-bond acceptors (Lipinski definition) is 3. The molecule has 3 amide bonds. The number of nitrogens with one attached hydrogen (secondary N) is 2. The van der Waals surface area contributed by atoms with Crippen LogP contribution in [0.5, 0.6) is 0 Å². The SMILES string of the molecule is CC1(C)CCN(C(=O)[C@H]2NC(=O)CNC2=O)CC1. The van der Waals surface area contributed by atoms with Gasteiger partial charge in [-0.1, -0.05) is 13.8 Å². The minimum Gasteiger partial charge on any atom is -0.345 e. The molecule has 6 nitrogen and oxygen atoms in total. The number of carbonyl (C=O) groups excluding carboxylic acids is 3. The summed E-state index contributed by atoms with van der Waals surface area (Å²) in [6, 6.07) is -1.05. The van der Waals surface area contributed by atoms with Crippen LogP contribution in [-0.2, 0) is 14.4 Å². The van der Waals surface area contributed by atoms with Gasteiger partial charge in [-0.15, -0.1) is 0 Å². The Kier molecular flexibility index (Phi) is 3.28. The Morgan fingerprint density at radius 3 is 2.50 bits per heavy atom. The monoisotopic (exact) mass is 253 g/mol. The van der Waals surface area contributed by atoms with Crippen LogP contribution in [0.15, 0.2) is 0 Å². The summed E-state index contributed by atoms with van der Waals surface area (Å²) in [6.07, 6.45) is 1.84. The summed E-state index contributed by atoms with van der Waals surface area (Å²) in [5, 5.41) is 4.86. The van der Waals surface area contributed by atoms with E-state index in [1.165, 1.54) is 0 Å². The van der Waals surface area contributed by atoms with E-state index in [9.17, 15) is 14.4 Å². The second-order valence-electron chi connectivity index (χ2n) is 5.71. The molecule has 2 fully saturated rings. The van der Waals surface area contributed by atoms with Crippen molar-refractivity contribution in [1.82, 2.24) is 15.5 Å². The van der Waals surface area contributed by atoms with Gasteiger partial charge in [0.2, 0.25) is 5.91 Å². The topological polar surface area (TPSA) is 78.5 Å². The molecule has 100 valence electrons. The van der Waals surface area contributed by atoms with Crippen LogP contribution >= 0.6 is 0 Å². The Bertz CT molecular complexity index is 382. The largest absolute Gasteiger partial charge is 0.345 e. The molecule has 0 aromatic heterocycles.